The first-order chi connectivity index (χ1) is 15.4. The third-order valence-electron chi connectivity index (χ3n) is 5.19. The summed E-state index contributed by atoms with van der Waals surface area (Å²) in [6.07, 6.45) is 7.41. The molecule has 8 heteroatoms. The van der Waals surface area contributed by atoms with Crippen molar-refractivity contribution in [3.05, 3.63) is 83.9 Å². The predicted octanol–water partition coefficient (Wildman–Crippen LogP) is 4.08. The molecule has 0 fully saturated rings. The highest BCUT2D eigenvalue weighted by Gasteiger charge is 2.20. The van der Waals surface area contributed by atoms with Gasteiger partial charge in [-0.05, 0) is 61.7 Å². The molecule has 0 radical (unpaired) electrons. The molecule has 0 aliphatic rings. The molecule has 0 atom stereocenters. The number of aromatic nitrogens is 3. The molecule has 32 heavy (non-hydrogen) atoms. The molecule has 164 valence electrons. The summed E-state index contributed by atoms with van der Waals surface area (Å²) in [6.45, 7) is 4.15. The molecule has 0 bridgehead atoms. The summed E-state index contributed by atoms with van der Waals surface area (Å²) in [7, 11) is -3.65. The third-order valence-corrected chi connectivity index (χ3v) is 7.12. The molecule has 7 nitrogen and oxygen atoms in total. The minimum absolute atomic E-state index is 0.0326. The van der Waals surface area contributed by atoms with Crippen LogP contribution in [0.15, 0.2) is 77.0 Å². The fourth-order valence-electron chi connectivity index (χ4n) is 3.50. The Kier molecular flexibility index (Phi) is 6.05. The number of hydrogen-bond donors (Lipinski definition) is 0. The summed E-state index contributed by atoms with van der Waals surface area (Å²) in [5, 5.41) is 0. The van der Waals surface area contributed by atoms with Gasteiger partial charge in [-0.1, -0.05) is 12.1 Å². The monoisotopic (exact) mass is 449 g/mol. The number of ketones is 1. The van der Waals surface area contributed by atoms with Crippen molar-refractivity contribution in [1.29, 1.82) is 0 Å². The predicted molar refractivity (Wildman–Crippen MR) is 120 cm³/mol. The Morgan fingerprint density at radius 3 is 2.59 bits per heavy atom. The molecular formula is C24H23N3O4S. The van der Waals surface area contributed by atoms with Crippen LogP contribution in [0.25, 0.3) is 5.78 Å². The lowest BCUT2D eigenvalue weighted by molar-refractivity contribution is 0.0982. The number of carbonyl (C=O) groups is 1. The van der Waals surface area contributed by atoms with E-state index >= 15 is 0 Å². The molecule has 0 aliphatic carbocycles. The normalized spacial score (nSPS) is 11.6. The van der Waals surface area contributed by atoms with Gasteiger partial charge >= 0.3 is 0 Å². The maximum atomic E-state index is 13.1. The van der Waals surface area contributed by atoms with Crippen molar-refractivity contribution in [2.45, 2.75) is 36.5 Å². The van der Waals surface area contributed by atoms with Gasteiger partial charge in [0.1, 0.15) is 5.75 Å². The van der Waals surface area contributed by atoms with Gasteiger partial charge in [0.05, 0.1) is 22.0 Å². The number of benzene rings is 2. The highest BCUT2D eigenvalue weighted by molar-refractivity contribution is 7.91. The molecule has 0 saturated carbocycles. The fraction of sp³-hybridized carbons (Fsp3) is 0.208. The number of rotatable bonds is 8. The summed E-state index contributed by atoms with van der Waals surface area (Å²) < 4.78 is 33.3. The van der Waals surface area contributed by atoms with E-state index in [1.54, 1.807) is 72.4 Å². The van der Waals surface area contributed by atoms with Crippen LogP contribution in [0.2, 0.25) is 0 Å². The molecule has 0 amide bonds. The minimum Gasteiger partial charge on any atom is -0.494 e. The van der Waals surface area contributed by atoms with Crippen molar-refractivity contribution in [2.75, 3.05) is 6.61 Å². The van der Waals surface area contributed by atoms with Crippen molar-refractivity contribution >= 4 is 21.4 Å². The zero-order valence-electron chi connectivity index (χ0n) is 17.9. The number of nitrogens with zero attached hydrogens (tertiary/aromatic N) is 3. The van der Waals surface area contributed by atoms with E-state index in [0.717, 1.165) is 5.56 Å². The first-order valence-electron chi connectivity index (χ1n) is 10.3. The second kappa shape index (κ2) is 8.92. The van der Waals surface area contributed by atoms with Gasteiger partial charge in [0.25, 0.3) is 0 Å². The van der Waals surface area contributed by atoms with E-state index in [-0.39, 0.29) is 15.6 Å². The van der Waals surface area contributed by atoms with Crippen LogP contribution in [-0.4, -0.2) is 35.2 Å². The fourth-order valence-corrected chi connectivity index (χ4v) is 4.98. The Labute approximate surface area is 186 Å². The van der Waals surface area contributed by atoms with Crippen LogP contribution in [0.1, 0.15) is 34.8 Å². The quantitative estimate of drug-likeness (QED) is 0.377. The molecule has 0 aliphatic heterocycles. The smallest absolute Gasteiger partial charge is 0.233 e. The molecule has 4 aromatic rings. The largest absolute Gasteiger partial charge is 0.494 e. The van der Waals surface area contributed by atoms with Crippen molar-refractivity contribution < 1.29 is 17.9 Å². The lowest BCUT2D eigenvalue weighted by Crippen LogP contribution is -2.06. The lowest BCUT2D eigenvalue weighted by Gasteiger charge is -2.11. The van der Waals surface area contributed by atoms with Crippen molar-refractivity contribution in [1.82, 2.24) is 14.4 Å². The van der Waals surface area contributed by atoms with E-state index in [1.165, 1.54) is 6.20 Å². The molecule has 0 N–H and O–H groups in total. The summed E-state index contributed by atoms with van der Waals surface area (Å²) >= 11 is 0. The number of Topliss-reactive ketones (excluding diaryl/α,β-unsaturated/α-hetero) is 1. The maximum absolute atomic E-state index is 13.1. The van der Waals surface area contributed by atoms with Gasteiger partial charge in [0.15, 0.2) is 5.78 Å². The van der Waals surface area contributed by atoms with Crippen molar-refractivity contribution in [3.8, 4) is 5.75 Å². The van der Waals surface area contributed by atoms with Crippen molar-refractivity contribution in [3.63, 3.8) is 0 Å². The Morgan fingerprint density at radius 1 is 1.09 bits per heavy atom. The summed E-state index contributed by atoms with van der Waals surface area (Å²) in [5.74, 6) is 1.15. The highest BCUT2D eigenvalue weighted by Crippen LogP contribution is 2.27. The molecular weight excluding hydrogens is 426 g/mol. The van der Waals surface area contributed by atoms with Crippen LogP contribution < -0.4 is 4.74 Å². The Bertz CT molecular complexity index is 1380. The molecule has 4 rings (SSSR count). The van der Waals surface area contributed by atoms with Gasteiger partial charge in [0.2, 0.25) is 15.6 Å². The first-order valence-corrected chi connectivity index (χ1v) is 11.8. The zero-order valence-corrected chi connectivity index (χ0v) is 18.7. The Morgan fingerprint density at radius 2 is 1.88 bits per heavy atom. The van der Waals surface area contributed by atoms with E-state index in [9.17, 15) is 13.2 Å². The first kappa shape index (κ1) is 21.7. The minimum atomic E-state index is -3.65. The molecule has 0 spiro atoms. The third kappa shape index (κ3) is 4.40. The Hall–Kier alpha value is -3.52. The van der Waals surface area contributed by atoms with Gasteiger partial charge in [0, 0.05) is 31.2 Å². The van der Waals surface area contributed by atoms with Gasteiger partial charge in [-0.25, -0.2) is 18.4 Å². The zero-order chi connectivity index (χ0) is 22.7. The molecule has 2 heterocycles. The number of sulfone groups is 1. The van der Waals surface area contributed by atoms with Crippen LogP contribution in [0.5, 0.6) is 5.75 Å². The number of hydrogen-bond acceptors (Lipinski definition) is 6. The standard InChI is InChI=1S/C24H23N3O4S/c1-3-31-20-7-11-23(17(2)14-20)32(29,30)21-8-4-18(5-9-21)6-10-22(28)19-15-26-24-25-12-13-27(24)16-19/h4-5,7-9,11-16H,3,6,10H2,1-2H3. The molecule has 0 saturated heterocycles. The van der Waals surface area contributed by atoms with E-state index in [2.05, 4.69) is 9.97 Å². The maximum Gasteiger partial charge on any atom is 0.233 e. The summed E-state index contributed by atoms with van der Waals surface area (Å²) in [5.41, 5.74) is 2.03. The van der Waals surface area contributed by atoms with Gasteiger partial charge in [-0.2, -0.15) is 0 Å². The van der Waals surface area contributed by atoms with E-state index < -0.39 is 9.84 Å². The van der Waals surface area contributed by atoms with Gasteiger partial charge < -0.3 is 4.74 Å². The highest BCUT2D eigenvalue weighted by atomic mass is 32.2. The number of fused-ring (bicyclic) bond motifs is 1. The average molecular weight is 450 g/mol. The second-order valence-corrected chi connectivity index (χ2v) is 9.33. The number of ether oxygens (including phenoxy) is 1. The summed E-state index contributed by atoms with van der Waals surface area (Å²) in [6, 6.07) is 11.6. The number of carbonyl (C=O) groups excluding carboxylic acids is 1. The van der Waals surface area contributed by atoms with Crippen molar-refractivity contribution in [2.24, 2.45) is 0 Å². The second-order valence-electron chi connectivity index (χ2n) is 7.41. The SMILES string of the molecule is CCOc1ccc(S(=O)(=O)c2ccc(CCC(=O)c3cnc4nccn4c3)cc2)c(C)c1. The number of aryl methyl sites for hydroxylation is 2. The van der Waals surface area contributed by atoms with Crippen LogP contribution >= 0.6 is 0 Å². The summed E-state index contributed by atoms with van der Waals surface area (Å²) in [4.78, 5) is 21.2. The molecule has 2 aromatic carbocycles. The van der Waals surface area contributed by atoms with Crippen LogP contribution in [0, 0.1) is 6.92 Å². The van der Waals surface area contributed by atoms with E-state index in [1.807, 2.05) is 6.92 Å². The number of imidazole rings is 1. The van der Waals surface area contributed by atoms with Crippen LogP contribution in [-0.2, 0) is 16.3 Å². The Balaban J connectivity index is 1.46. The van der Waals surface area contributed by atoms with Crippen LogP contribution in [0.4, 0.5) is 0 Å². The average Bonchev–Trinajstić information content (AvgIpc) is 3.26. The van der Waals surface area contributed by atoms with Gasteiger partial charge in [-0.3, -0.25) is 9.20 Å². The van der Waals surface area contributed by atoms with Gasteiger partial charge in [-0.15, -0.1) is 0 Å². The van der Waals surface area contributed by atoms with E-state index in [4.69, 9.17) is 4.74 Å². The molecule has 0 unspecified atom stereocenters. The molecule has 2 aromatic heterocycles. The topological polar surface area (TPSA) is 90.6 Å². The van der Waals surface area contributed by atoms with E-state index in [0.29, 0.717) is 42.1 Å². The van der Waals surface area contributed by atoms with Crippen LogP contribution in [0.3, 0.4) is 0 Å². The lowest BCUT2D eigenvalue weighted by atomic mass is 10.0.